The van der Waals surface area contributed by atoms with Crippen molar-refractivity contribution >= 4 is 11.8 Å². The Labute approximate surface area is 165 Å². The van der Waals surface area contributed by atoms with Gasteiger partial charge in [0, 0.05) is 23.5 Å². The first-order valence-corrected chi connectivity index (χ1v) is 11.1. The van der Waals surface area contributed by atoms with Crippen LogP contribution in [0.1, 0.15) is 35.6 Å². The highest BCUT2D eigenvalue weighted by Crippen LogP contribution is 2.53. The number of nitrogens with zero attached hydrogens (tertiary/aromatic N) is 1. The van der Waals surface area contributed by atoms with Gasteiger partial charge in [-0.2, -0.15) is 0 Å². The van der Waals surface area contributed by atoms with Crippen LogP contribution in [-0.4, -0.2) is 49.0 Å². The van der Waals surface area contributed by atoms with Crippen LogP contribution in [-0.2, 0) is 15.2 Å². The number of thioether (sulfide) groups is 1. The van der Waals surface area contributed by atoms with Gasteiger partial charge in [0.15, 0.2) is 0 Å². The number of hydrogen-bond donors (Lipinski definition) is 0. The van der Waals surface area contributed by atoms with Gasteiger partial charge in [0.25, 0.3) is 0 Å². The maximum Gasteiger partial charge on any atom is 0.142 e. The second kappa shape index (κ2) is 5.84. The summed E-state index contributed by atoms with van der Waals surface area (Å²) in [6.07, 6.45) is 3.53. The monoisotopic (exact) mass is 380 g/mol. The van der Waals surface area contributed by atoms with Crippen molar-refractivity contribution in [3.8, 4) is 0 Å². The average molecular weight is 381 g/mol. The number of quaternary nitrogens is 1. The van der Waals surface area contributed by atoms with E-state index < -0.39 is 0 Å². The van der Waals surface area contributed by atoms with Crippen LogP contribution in [0.4, 0.5) is 0 Å². The van der Waals surface area contributed by atoms with Crippen molar-refractivity contribution in [1.82, 2.24) is 0 Å². The molecule has 5 atom stereocenters. The van der Waals surface area contributed by atoms with E-state index in [1.54, 1.807) is 0 Å². The van der Waals surface area contributed by atoms with Gasteiger partial charge in [0.05, 0.1) is 20.2 Å². The summed E-state index contributed by atoms with van der Waals surface area (Å²) in [5.74, 6) is 1.02. The second-order valence-electron chi connectivity index (χ2n) is 8.96. The molecule has 0 radical (unpaired) electrons. The van der Waals surface area contributed by atoms with Gasteiger partial charge in [-0.15, -0.1) is 11.8 Å². The first-order valence-electron chi connectivity index (χ1n) is 10.1. The maximum absolute atomic E-state index is 6.93. The number of ether oxygens (including phenoxy) is 2. The van der Waals surface area contributed by atoms with Crippen molar-refractivity contribution in [3.63, 3.8) is 0 Å². The third-order valence-corrected chi connectivity index (χ3v) is 8.43. The number of morpholine rings is 1. The molecule has 3 saturated heterocycles. The Hall–Kier alpha value is -1.33. The molecular formula is C23H26NO2S+. The zero-order chi connectivity index (χ0) is 18.2. The van der Waals surface area contributed by atoms with Crippen LogP contribution in [0.15, 0.2) is 53.4 Å². The molecule has 0 saturated carbocycles. The highest BCUT2D eigenvalue weighted by Gasteiger charge is 2.70. The number of piperidine rings is 1. The third-order valence-electron chi connectivity index (χ3n) is 7.29. The zero-order valence-corrected chi connectivity index (χ0v) is 16.7. The van der Waals surface area contributed by atoms with Gasteiger partial charge in [-0.25, -0.2) is 0 Å². The predicted octanol–water partition coefficient (Wildman–Crippen LogP) is 4.16. The van der Waals surface area contributed by atoms with Crippen LogP contribution >= 0.6 is 11.8 Å². The molecule has 140 valence electrons. The molecule has 2 aromatic carbocycles. The number of epoxide rings is 1. The Kier molecular flexibility index (Phi) is 3.59. The van der Waals surface area contributed by atoms with E-state index in [4.69, 9.17) is 9.47 Å². The average Bonchev–Trinajstić information content (AvgIpc) is 3.44. The van der Waals surface area contributed by atoms with Crippen LogP contribution < -0.4 is 0 Å². The Morgan fingerprint density at radius 1 is 0.926 bits per heavy atom. The normalized spacial score (nSPS) is 37.7. The van der Waals surface area contributed by atoms with E-state index in [0.29, 0.717) is 30.4 Å². The quantitative estimate of drug-likeness (QED) is 0.577. The fourth-order valence-corrected chi connectivity index (χ4v) is 6.82. The Morgan fingerprint density at radius 2 is 1.59 bits per heavy atom. The number of benzene rings is 2. The van der Waals surface area contributed by atoms with Crippen molar-refractivity contribution in [2.45, 2.75) is 60.0 Å². The summed E-state index contributed by atoms with van der Waals surface area (Å²) in [5.41, 5.74) is 4.09. The van der Waals surface area contributed by atoms with E-state index >= 15 is 0 Å². The summed E-state index contributed by atoms with van der Waals surface area (Å²) < 4.78 is 14.0. The number of rotatable bonds is 2. The minimum atomic E-state index is 0.0442. The van der Waals surface area contributed by atoms with Crippen LogP contribution in [0.25, 0.3) is 0 Å². The standard InChI is InChI=1S/C23H26NO2S/c1-24(2)18-11-15(12-19(24)23-22(18)26-23)25-21-16-8-4-3-7-14(16)13-27-20-10-6-5-9-17(20)21/h3-10,15,18-19,21-23H,11-13H2,1-2H3/q+1. The molecule has 5 unspecified atom stereocenters. The highest BCUT2D eigenvalue weighted by molar-refractivity contribution is 7.98. The molecule has 4 heteroatoms. The molecule has 27 heavy (non-hydrogen) atoms. The van der Waals surface area contributed by atoms with Gasteiger partial charge in [0.1, 0.15) is 30.4 Å². The van der Waals surface area contributed by atoms with E-state index in [2.05, 4.69) is 62.6 Å². The molecule has 0 amide bonds. The minimum Gasteiger partial charge on any atom is -0.365 e. The Bertz CT molecular complexity index is 830. The Morgan fingerprint density at radius 3 is 2.37 bits per heavy atom. The van der Waals surface area contributed by atoms with Gasteiger partial charge in [-0.1, -0.05) is 42.5 Å². The topological polar surface area (TPSA) is 21.8 Å². The minimum absolute atomic E-state index is 0.0442. The Balaban J connectivity index is 1.35. The van der Waals surface area contributed by atoms with E-state index in [0.717, 1.165) is 23.1 Å². The molecule has 3 nitrogen and oxygen atoms in total. The molecule has 4 aliphatic heterocycles. The van der Waals surface area contributed by atoms with E-state index in [1.165, 1.54) is 21.6 Å². The molecule has 0 aromatic heterocycles. The molecule has 4 aliphatic rings. The molecule has 0 aliphatic carbocycles. The third kappa shape index (κ3) is 2.47. The largest absolute Gasteiger partial charge is 0.365 e. The molecule has 4 heterocycles. The van der Waals surface area contributed by atoms with Crippen LogP contribution in [0.3, 0.4) is 0 Å². The summed E-state index contributed by atoms with van der Waals surface area (Å²) in [5, 5.41) is 0. The molecule has 2 aromatic rings. The smallest absolute Gasteiger partial charge is 0.142 e. The van der Waals surface area contributed by atoms with Crippen molar-refractivity contribution in [2.75, 3.05) is 14.1 Å². The van der Waals surface area contributed by atoms with Crippen molar-refractivity contribution < 1.29 is 14.0 Å². The summed E-state index contributed by atoms with van der Waals surface area (Å²) in [6, 6.07) is 18.8. The van der Waals surface area contributed by atoms with Crippen molar-refractivity contribution in [3.05, 3.63) is 65.2 Å². The fourth-order valence-electron chi connectivity index (χ4n) is 5.73. The maximum atomic E-state index is 6.93. The van der Waals surface area contributed by atoms with E-state index in [9.17, 15) is 0 Å². The van der Waals surface area contributed by atoms with Gasteiger partial charge in [-0.05, 0) is 22.8 Å². The number of hydrogen-bond acceptors (Lipinski definition) is 3. The highest BCUT2D eigenvalue weighted by atomic mass is 32.2. The number of fused-ring (bicyclic) bond motifs is 7. The predicted molar refractivity (Wildman–Crippen MR) is 107 cm³/mol. The summed E-state index contributed by atoms with van der Waals surface area (Å²) >= 11 is 1.94. The molecule has 3 fully saturated rings. The lowest BCUT2D eigenvalue weighted by Gasteiger charge is -2.46. The lowest BCUT2D eigenvalue weighted by atomic mass is 9.94. The van der Waals surface area contributed by atoms with Gasteiger partial charge >= 0.3 is 0 Å². The molecular weight excluding hydrogens is 354 g/mol. The van der Waals surface area contributed by atoms with Crippen molar-refractivity contribution in [1.29, 1.82) is 0 Å². The zero-order valence-electron chi connectivity index (χ0n) is 15.9. The van der Waals surface area contributed by atoms with E-state index in [1.807, 2.05) is 11.8 Å². The molecule has 0 spiro atoms. The van der Waals surface area contributed by atoms with E-state index in [-0.39, 0.29) is 6.10 Å². The summed E-state index contributed by atoms with van der Waals surface area (Å²) in [6.45, 7) is 0. The second-order valence-corrected chi connectivity index (χ2v) is 9.98. The van der Waals surface area contributed by atoms with Crippen LogP contribution in [0.2, 0.25) is 0 Å². The van der Waals surface area contributed by atoms with Crippen LogP contribution in [0.5, 0.6) is 0 Å². The SMILES string of the molecule is C[N+]1(C)C2CC(OC3c4ccccc4CSc4ccccc43)CC1C1OC12. The first-order chi connectivity index (χ1) is 13.1. The molecule has 0 N–H and O–H groups in total. The fraction of sp³-hybridized carbons (Fsp3) is 0.478. The van der Waals surface area contributed by atoms with Crippen molar-refractivity contribution in [2.24, 2.45) is 0 Å². The van der Waals surface area contributed by atoms with Gasteiger partial charge in [-0.3, -0.25) is 0 Å². The lowest BCUT2D eigenvalue weighted by Crippen LogP contribution is -2.59. The first kappa shape index (κ1) is 16.6. The molecule has 6 rings (SSSR count). The lowest BCUT2D eigenvalue weighted by molar-refractivity contribution is -0.938. The molecule has 2 bridgehead atoms. The summed E-state index contributed by atoms with van der Waals surface area (Å²) in [7, 11) is 4.77. The summed E-state index contributed by atoms with van der Waals surface area (Å²) in [4.78, 5) is 1.36. The van der Waals surface area contributed by atoms with Gasteiger partial charge in [0.2, 0.25) is 0 Å². The van der Waals surface area contributed by atoms with Gasteiger partial charge < -0.3 is 14.0 Å². The van der Waals surface area contributed by atoms with Crippen LogP contribution in [0, 0.1) is 0 Å². The number of likely N-dealkylation sites (N-methyl/N-ethyl adjacent to an activating group) is 1.